The van der Waals surface area contributed by atoms with Gasteiger partial charge in [-0.3, -0.25) is 20.2 Å². The van der Waals surface area contributed by atoms with Crippen molar-refractivity contribution in [2.45, 2.75) is 0 Å². The van der Waals surface area contributed by atoms with Crippen molar-refractivity contribution in [1.82, 2.24) is 15.3 Å². The Bertz CT molecular complexity index is 1020. The number of pyridine rings is 2. The molecule has 0 radical (unpaired) electrons. The Morgan fingerprint density at radius 2 is 2.14 bits per heavy atom. The zero-order valence-corrected chi connectivity index (χ0v) is 14.7. The summed E-state index contributed by atoms with van der Waals surface area (Å²) in [6.07, 6.45) is 8.08. The first-order chi connectivity index (χ1) is 13.5. The molecule has 0 aromatic carbocycles. The average molecular weight is 381 g/mol. The van der Waals surface area contributed by atoms with Gasteiger partial charge in [0.05, 0.1) is 37.0 Å². The standard InChI is InChI=1S/C18H16FN7O2/c1-28-13-9-23-8-12(14(13)10-3-2-4-22-5-10)26-18(27)15(16(20)21)17-24-6-11(19)7-25-17/h2-9,24H,1H3,(H3,20,21)(H,26,27)/b17-15+. The van der Waals surface area contributed by atoms with E-state index in [4.69, 9.17) is 15.9 Å². The molecule has 0 saturated carbocycles. The minimum absolute atomic E-state index is 0.0508. The smallest absolute Gasteiger partial charge is 0.263 e. The zero-order chi connectivity index (χ0) is 20.1. The van der Waals surface area contributed by atoms with Crippen molar-refractivity contribution in [3.8, 4) is 16.9 Å². The Morgan fingerprint density at radius 1 is 1.32 bits per heavy atom. The lowest BCUT2D eigenvalue weighted by atomic mass is 10.1. The van der Waals surface area contributed by atoms with Gasteiger partial charge in [-0.05, 0) is 6.07 Å². The predicted octanol–water partition coefficient (Wildman–Crippen LogP) is 1.72. The summed E-state index contributed by atoms with van der Waals surface area (Å²) in [5.74, 6) is -1.51. The van der Waals surface area contributed by atoms with Crippen molar-refractivity contribution in [2.24, 2.45) is 10.7 Å². The molecule has 5 N–H and O–H groups in total. The molecule has 0 unspecified atom stereocenters. The van der Waals surface area contributed by atoms with Crippen molar-refractivity contribution < 1.29 is 13.9 Å². The summed E-state index contributed by atoms with van der Waals surface area (Å²) >= 11 is 0. The van der Waals surface area contributed by atoms with Crippen LogP contribution in [0.3, 0.4) is 0 Å². The normalized spacial score (nSPS) is 14.6. The van der Waals surface area contributed by atoms with Crippen LogP contribution in [-0.4, -0.2) is 35.0 Å². The van der Waals surface area contributed by atoms with E-state index in [1.54, 1.807) is 24.5 Å². The quantitative estimate of drug-likeness (QED) is 0.353. The Kier molecular flexibility index (Phi) is 5.40. The Labute approximate surface area is 159 Å². The van der Waals surface area contributed by atoms with Gasteiger partial charge >= 0.3 is 0 Å². The first-order valence-corrected chi connectivity index (χ1v) is 8.00. The number of anilines is 1. The molecule has 0 bridgehead atoms. The molecule has 3 rings (SSSR count). The molecule has 0 aliphatic carbocycles. The summed E-state index contributed by atoms with van der Waals surface area (Å²) in [4.78, 5) is 24.7. The molecular weight excluding hydrogens is 365 g/mol. The van der Waals surface area contributed by atoms with Gasteiger partial charge < -0.3 is 21.1 Å². The number of nitrogens with zero attached hydrogens (tertiary/aromatic N) is 3. The second kappa shape index (κ2) is 8.08. The van der Waals surface area contributed by atoms with Gasteiger partial charge in [0.1, 0.15) is 23.0 Å². The summed E-state index contributed by atoms with van der Waals surface area (Å²) in [6, 6.07) is 3.54. The number of halogens is 1. The number of aromatic nitrogens is 2. The third kappa shape index (κ3) is 3.85. The second-order valence-corrected chi connectivity index (χ2v) is 5.53. The fourth-order valence-electron chi connectivity index (χ4n) is 2.52. The SMILES string of the molecule is COc1cncc(NC(=O)/C(C(=N)N)=C2/N=CC(F)=CN2)c1-c1cccnc1. The molecule has 28 heavy (non-hydrogen) atoms. The number of carbonyl (C=O) groups excluding carboxylic acids is 1. The van der Waals surface area contributed by atoms with Gasteiger partial charge in [-0.1, -0.05) is 6.07 Å². The van der Waals surface area contributed by atoms with Gasteiger partial charge in [0.15, 0.2) is 5.83 Å². The number of amides is 1. The molecule has 142 valence electrons. The first kappa shape index (κ1) is 18.7. The van der Waals surface area contributed by atoms with Crippen molar-refractivity contribution in [1.29, 1.82) is 5.41 Å². The van der Waals surface area contributed by atoms with Crippen LogP contribution in [0.4, 0.5) is 10.1 Å². The maximum Gasteiger partial charge on any atom is 0.263 e. The van der Waals surface area contributed by atoms with Crippen LogP contribution in [0.15, 0.2) is 65.3 Å². The van der Waals surface area contributed by atoms with Crippen LogP contribution >= 0.6 is 0 Å². The van der Waals surface area contributed by atoms with E-state index >= 15 is 0 Å². The monoisotopic (exact) mass is 381 g/mol. The number of methoxy groups -OCH3 is 1. The molecule has 0 atom stereocenters. The number of hydrogen-bond acceptors (Lipinski definition) is 7. The lowest BCUT2D eigenvalue weighted by Crippen LogP contribution is -2.30. The molecular formula is C18H16FN7O2. The second-order valence-electron chi connectivity index (χ2n) is 5.53. The van der Waals surface area contributed by atoms with Crippen molar-refractivity contribution in [3.63, 3.8) is 0 Å². The number of nitrogens with one attached hydrogen (secondary N) is 3. The van der Waals surface area contributed by atoms with Crippen LogP contribution in [0.25, 0.3) is 11.1 Å². The number of amidine groups is 1. The van der Waals surface area contributed by atoms with Crippen molar-refractivity contribution in [3.05, 3.63) is 60.3 Å². The zero-order valence-electron chi connectivity index (χ0n) is 14.7. The maximum absolute atomic E-state index is 13.1. The van der Waals surface area contributed by atoms with Crippen LogP contribution in [0, 0.1) is 5.41 Å². The minimum atomic E-state index is -0.719. The molecule has 0 spiro atoms. The van der Waals surface area contributed by atoms with E-state index in [1.165, 1.54) is 19.5 Å². The van der Waals surface area contributed by atoms with E-state index in [0.29, 0.717) is 22.6 Å². The van der Waals surface area contributed by atoms with Crippen LogP contribution in [0.5, 0.6) is 5.75 Å². The minimum Gasteiger partial charge on any atom is -0.494 e. The molecule has 2 aromatic heterocycles. The fraction of sp³-hybridized carbons (Fsp3) is 0.0556. The average Bonchev–Trinajstić information content (AvgIpc) is 2.70. The molecule has 2 aromatic rings. The lowest BCUT2D eigenvalue weighted by Gasteiger charge is -2.16. The number of rotatable bonds is 5. The van der Waals surface area contributed by atoms with Crippen LogP contribution < -0.4 is 21.1 Å². The summed E-state index contributed by atoms with van der Waals surface area (Å²) in [5.41, 5.74) is 6.86. The Morgan fingerprint density at radius 3 is 2.75 bits per heavy atom. The van der Waals surface area contributed by atoms with E-state index in [0.717, 1.165) is 12.4 Å². The molecule has 3 heterocycles. The molecule has 10 heteroatoms. The fourth-order valence-corrected chi connectivity index (χ4v) is 2.52. The number of ether oxygens (including phenoxy) is 1. The van der Waals surface area contributed by atoms with E-state index < -0.39 is 17.6 Å². The first-order valence-electron chi connectivity index (χ1n) is 8.00. The number of carbonyl (C=O) groups is 1. The number of aliphatic imine (C=N–C) groups is 1. The third-order valence-corrected chi connectivity index (χ3v) is 3.73. The topological polar surface area (TPSA) is 138 Å². The van der Waals surface area contributed by atoms with Gasteiger partial charge in [0, 0.05) is 24.2 Å². The summed E-state index contributed by atoms with van der Waals surface area (Å²) < 4.78 is 18.5. The van der Waals surface area contributed by atoms with E-state index in [1.807, 2.05) is 0 Å². The molecule has 1 aliphatic rings. The highest BCUT2D eigenvalue weighted by Gasteiger charge is 2.22. The summed E-state index contributed by atoms with van der Waals surface area (Å²) in [6.45, 7) is 0. The highest BCUT2D eigenvalue weighted by atomic mass is 19.1. The van der Waals surface area contributed by atoms with Gasteiger partial charge in [-0.15, -0.1) is 0 Å². The largest absolute Gasteiger partial charge is 0.494 e. The number of hydrogen-bond donors (Lipinski definition) is 4. The molecule has 0 fully saturated rings. The van der Waals surface area contributed by atoms with Gasteiger partial charge in [-0.2, -0.15) is 0 Å². The molecule has 1 aliphatic heterocycles. The molecule has 9 nitrogen and oxygen atoms in total. The predicted molar refractivity (Wildman–Crippen MR) is 102 cm³/mol. The molecule has 1 amide bonds. The third-order valence-electron chi connectivity index (χ3n) is 3.73. The molecule has 0 saturated heterocycles. The Hall–Kier alpha value is -4.08. The van der Waals surface area contributed by atoms with E-state index in [2.05, 4.69) is 25.6 Å². The van der Waals surface area contributed by atoms with Gasteiger partial charge in [-0.25, -0.2) is 9.38 Å². The van der Waals surface area contributed by atoms with Gasteiger partial charge in [0.25, 0.3) is 5.91 Å². The van der Waals surface area contributed by atoms with Crippen molar-refractivity contribution in [2.75, 3.05) is 12.4 Å². The lowest BCUT2D eigenvalue weighted by molar-refractivity contribution is -0.112. The van der Waals surface area contributed by atoms with Crippen molar-refractivity contribution >= 4 is 23.6 Å². The Balaban J connectivity index is 2.02. The highest BCUT2D eigenvalue weighted by Crippen LogP contribution is 2.35. The van der Waals surface area contributed by atoms with Crippen LogP contribution in [-0.2, 0) is 4.79 Å². The van der Waals surface area contributed by atoms with E-state index in [9.17, 15) is 9.18 Å². The van der Waals surface area contributed by atoms with E-state index in [-0.39, 0.29) is 11.4 Å². The van der Waals surface area contributed by atoms with Gasteiger partial charge in [0.2, 0.25) is 0 Å². The summed E-state index contributed by atoms with van der Waals surface area (Å²) in [5, 5.41) is 12.9. The highest BCUT2D eigenvalue weighted by molar-refractivity contribution is 6.24. The number of allylic oxidation sites excluding steroid dienone is 1. The maximum atomic E-state index is 13.1. The summed E-state index contributed by atoms with van der Waals surface area (Å²) in [7, 11) is 1.48. The number of nitrogens with two attached hydrogens (primary N) is 1. The van der Waals surface area contributed by atoms with Crippen LogP contribution in [0.1, 0.15) is 0 Å². The van der Waals surface area contributed by atoms with Crippen LogP contribution in [0.2, 0.25) is 0 Å².